The van der Waals surface area contributed by atoms with Crippen LogP contribution in [0.1, 0.15) is 25.8 Å². The van der Waals surface area contributed by atoms with Crippen molar-refractivity contribution in [3.05, 3.63) is 69.7 Å². The van der Waals surface area contributed by atoms with Gasteiger partial charge in [-0.05, 0) is 36.8 Å². The molecule has 1 aliphatic heterocycles. The number of carbonyl (C=O) groups excluding carboxylic acids is 1. The Kier molecular flexibility index (Phi) is 4.46. The summed E-state index contributed by atoms with van der Waals surface area (Å²) < 4.78 is 0. The van der Waals surface area contributed by atoms with Crippen LogP contribution in [0.4, 0.5) is 5.69 Å². The van der Waals surface area contributed by atoms with Gasteiger partial charge in [0.2, 0.25) is 0 Å². The van der Waals surface area contributed by atoms with Crippen LogP contribution < -0.4 is 10.6 Å². The molecule has 0 fully saturated rings. The molecule has 2 heterocycles. The van der Waals surface area contributed by atoms with Gasteiger partial charge < -0.3 is 10.6 Å². The van der Waals surface area contributed by atoms with Crippen LogP contribution in [0.5, 0.6) is 0 Å². The molecule has 4 rings (SSSR count). The maximum atomic E-state index is 12.5. The predicted molar refractivity (Wildman–Crippen MR) is 102 cm³/mol. The fourth-order valence-electron chi connectivity index (χ4n) is 2.71. The Balaban J connectivity index is 1.50. The van der Waals surface area contributed by atoms with E-state index in [9.17, 15) is 4.79 Å². The zero-order valence-electron chi connectivity index (χ0n) is 13.7. The molecule has 1 aliphatic rings. The SMILES string of the molecule is Cc1ncc(CNC(=O)c2ccc3c(c2)NCc2ccccc2S3)s1. The summed E-state index contributed by atoms with van der Waals surface area (Å²) in [5.41, 5.74) is 2.94. The third-order valence-electron chi connectivity index (χ3n) is 4.00. The summed E-state index contributed by atoms with van der Waals surface area (Å²) >= 11 is 3.34. The van der Waals surface area contributed by atoms with E-state index in [0.717, 1.165) is 27.0 Å². The van der Waals surface area contributed by atoms with Crippen molar-refractivity contribution in [2.24, 2.45) is 0 Å². The van der Waals surface area contributed by atoms with Crippen molar-refractivity contribution < 1.29 is 4.79 Å². The number of aryl methyl sites for hydroxylation is 1. The number of rotatable bonds is 3. The second-order valence-corrected chi connectivity index (χ2v) is 8.21. The third-order valence-corrected chi connectivity index (χ3v) is 6.10. The fraction of sp³-hybridized carbons (Fsp3) is 0.158. The molecule has 25 heavy (non-hydrogen) atoms. The Morgan fingerprint density at radius 2 is 2.12 bits per heavy atom. The van der Waals surface area contributed by atoms with E-state index in [0.29, 0.717) is 12.1 Å². The summed E-state index contributed by atoms with van der Waals surface area (Å²) in [4.78, 5) is 20.1. The second kappa shape index (κ2) is 6.90. The van der Waals surface area contributed by atoms with Gasteiger partial charge in [-0.1, -0.05) is 30.0 Å². The van der Waals surface area contributed by atoms with Crippen LogP contribution >= 0.6 is 23.1 Å². The maximum Gasteiger partial charge on any atom is 0.251 e. The van der Waals surface area contributed by atoms with Gasteiger partial charge >= 0.3 is 0 Å². The highest BCUT2D eigenvalue weighted by atomic mass is 32.2. The largest absolute Gasteiger partial charge is 0.380 e. The van der Waals surface area contributed by atoms with E-state index in [1.807, 2.05) is 31.3 Å². The predicted octanol–water partition coefficient (Wildman–Crippen LogP) is 4.46. The van der Waals surface area contributed by atoms with Gasteiger partial charge in [0, 0.05) is 38.7 Å². The van der Waals surface area contributed by atoms with Crippen LogP contribution in [0, 0.1) is 6.92 Å². The molecule has 0 bridgehead atoms. The molecule has 4 nitrogen and oxygen atoms in total. The number of aromatic nitrogens is 1. The summed E-state index contributed by atoms with van der Waals surface area (Å²) in [6.45, 7) is 3.24. The van der Waals surface area contributed by atoms with Gasteiger partial charge in [-0.3, -0.25) is 4.79 Å². The number of hydrogen-bond acceptors (Lipinski definition) is 5. The minimum Gasteiger partial charge on any atom is -0.380 e. The van der Waals surface area contributed by atoms with Gasteiger partial charge in [0.1, 0.15) is 0 Å². The fourth-order valence-corrected chi connectivity index (χ4v) is 4.48. The van der Waals surface area contributed by atoms with E-state index in [2.05, 4.69) is 39.9 Å². The summed E-state index contributed by atoms with van der Waals surface area (Å²) in [6.07, 6.45) is 1.81. The van der Waals surface area contributed by atoms with Crippen molar-refractivity contribution in [1.29, 1.82) is 0 Å². The summed E-state index contributed by atoms with van der Waals surface area (Å²) in [7, 11) is 0. The molecular weight excluding hydrogens is 350 g/mol. The number of nitrogens with zero attached hydrogens (tertiary/aromatic N) is 1. The molecule has 1 aromatic heterocycles. The first-order valence-corrected chi connectivity index (χ1v) is 9.65. The zero-order valence-corrected chi connectivity index (χ0v) is 15.3. The average Bonchev–Trinajstić information content (AvgIpc) is 2.95. The number of hydrogen-bond donors (Lipinski definition) is 2. The first-order valence-electron chi connectivity index (χ1n) is 8.02. The Bertz CT molecular complexity index is 936. The number of carbonyl (C=O) groups is 1. The van der Waals surface area contributed by atoms with Gasteiger partial charge in [-0.2, -0.15) is 0 Å². The highest BCUT2D eigenvalue weighted by Gasteiger charge is 2.15. The highest BCUT2D eigenvalue weighted by molar-refractivity contribution is 7.99. The molecule has 0 unspecified atom stereocenters. The van der Waals surface area contributed by atoms with E-state index in [1.165, 1.54) is 10.5 Å². The molecule has 2 N–H and O–H groups in total. The number of anilines is 1. The van der Waals surface area contributed by atoms with Crippen molar-refractivity contribution in [3.63, 3.8) is 0 Å². The van der Waals surface area contributed by atoms with Gasteiger partial charge in [0.05, 0.1) is 11.6 Å². The highest BCUT2D eigenvalue weighted by Crippen LogP contribution is 2.38. The molecule has 0 saturated heterocycles. The summed E-state index contributed by atoms with van der Waals surface area (Å²) in [5, 5.41) is 7.42. The van der Waals surface area contributed by atoms with Gasteiger partial charge in [0.15, 0.2) is 0 Å². The monoisotopic (exact) mass is 367 g/mol. The lowest BCUT2D eigenvalue weighted by atomic mass is 10.1. The van der Waals surface area contributed by atoms with Crippen molar-refractivity contribution in [2.75, 3.05) is 5.32 Å². The molecule has 0 atom stereocenters. The van der Waals surface area contributed by atoms with E-state index in [1.54, 1.807) is 23.1 Å². The summed E-state index contributed by atoms with van der Waals surface area (Å²) in [5.74, 6) is -0.0672. The van der Waals surface area contributed by atoms with Gasteiger partial charge in [-0.25, -0.2) is 4.98 Å². The second-order valence-electron chi connectivity index (χ2n) is 5.80. The lowest BCUT2D eigenvalue weighted by Crippen LogP contribution is -2.22. The topological polar surface area (TPSA) is 54.0 Å². The normalized spacial score (nSPS) is 12.5. The molecule has 0 saturated carbocycles. The zero-order chi connectivity index (χ0) is 17.2. The molecule has 1 amide bonds. The van der Waals surface area contributed by atoms with Crippen LogP contribution in [-0.2, 0) is 13.1 Å². The van der Waals surface area contributed by atoms with Crippen molar-refractivity contribution in [3.8, 4) is 0 Å². The standard InChI is InChI=1S/C19H17N3OS2/c1-12-20-10-15(24-12)11-22-19(23)13-6-7-18-16(8-13)21-9-14-4-2-3-5-17(14)25-18/h2-8,10,21H,9,11H2,1H3,(H,22,23). The Labute approximate surface area is 154 Å². The lowest BCUT2D eigenvalue weighted by Gasteiger charge is -2.10. The van der Waals surface area contributed by atoms with E-state index in [4.69, 9.17) is 0 Å². The molecular formula is C19H17N3OS2. The van der Waals surface area contributed by atoms with Crippen molar-refractivity contribution in [2.45, 2.75) is 29.8 Å². The third kappa shape index (κ3) is 3.55. The smallest absolute Gasteiger partial charge is 0.251 e. The van der Waals surface area contributed by atoms with E-state index >= 15 is 0 Å². The van der Waals surface area contributed by atoms with Gasteiger partial charge in [-0.15, -0.1) is 11.3 Å². The van der Waals surface area contributed by atoms with Crippen molar-refractivity contribution >= 4 is 34.7 Å². The average molecular weight is 367 g/mol. The Hall–Kier alpha value is -2.31. The van der Waals surface area contributed by atoms with Crippen LogP contribution in [0.3, 0.4) is 0 Å². The number of thiazole rings is 1. The van der Waals surface area contributed by atoms with Crippen molar-refractivity contribution in [1.82, 2.24) is 10.3 Å². The molecule has 3 aromatic rings. The van der Waals surface area contributed by atoms with Crippen LogP contribution in [0.15, 0.2) is 58.5 Å². The Morgan fingerprint density at radius 3 is 2.96 bits per heavy atom. The number of fused-ring (bicyclic) bond motifs is 2. The minimum atomic E-state index is -0.0672. The summed E-state index contributed by atoms with van der Waals surface area (Å²) in [6, 6.07) is 14.2. The first kappa shape index (κ1) is 16.2. The van der Waals surface area contributed by atoms with Crippen LogP contribution in [0.2, 0.25) is 0 Å². The quantitative estimate of drug-likeness (QED) is 0.718. The molecule has 126 valence electrons. The van der Waals surface area contributed by atoms with Crippen LogP contribution in [0.25, 0.3) is 0 Å². The van der Waals surface area contributed by atoms with Gasteiger partial charge in [0.25, 0.3) is 5.91 Å². The molecule has 0 radical (unpaired) electrons. The van der Waals surface area contributed by atoms with E-state index < -0.39 is 0 Å². The first-order chi connectivity index (χ1) is 12.2. The molecule has 0 aliphatic carbocycles. The number of benzene rings is 2. The molecule has 2 aromatic carbocycles. The Morgan fingerprint density at radius 1 is 1.24 bits per heavy atom. The minimum absolute atomic E-state index is 0.0672. The number of nitrogens with one attached hydrogen (secondary N) is 2. The molecule has 0 spiro atoms. The van der Waals surface area contributed by atoms with E-state index in [-0.39, 0.29) is 5.91 Å². The maximum absolute atomic E-state index is 12.5. The number of amides is 1. The lowest BCUT2D eigenvalue weighted by molar-refractivity contribution is 0.0951. The van der Waals surface area contributed by atoms with Crippen LogP contribution in [-0.4, -0.2) is 10.9 Å². The molecule has 6 heteroatoms.